The van der Waals surface area contributed by atoms with E-state index >= 15 is 0 Å². The van der Waals surface area contributed by atoms with Crippen LogP contribution in [0.3, 0.4) is 0 Å². The van der Waals surface area contributed by atoms with Crippen LogP contribution in [0.4, 0.5) is 23.7 Å². The molecule has 0 bridgehead atoms. The molecule has 4 rings (SSSR count). The van der Waals surface area contributed by atoms with E-state index in [1.54, 1.807) is 24.0 Å². The second-order valence-electron chi connectivity index (χ2n) is 10.3. The average molecular weight is 579 g/mol. The standard InChI is InChI=1S/C26H29F3N6O4S/c1-15-22(19(40-34-15)11-17-12-30-14-20(32-17)26(27,28)29)23(36)33-16-5-6-21(31-13-16)38-18-7-9-35(10-8-18)24(37)39-25(2,3)4/h5-6,12-14,18H,7-11H2,1-4H3,(H,33,36). The Bertz CT molecular complexity index is 1350. The number of amides is 2. The van der Waals surface area contributed by atoms with Crippen LogP contribution in [-0.4, -0.2) is 61.0 Å². The van der Waals surface area contributed by atoms with Crippen molar-refractivity contribution in [1.29, 1.82) is 0 Å². The van der Waals surface area contributed by atoms with Gasteiger partial charge in [-0.15, -0.1) is 0 Å². The summed E-state index contributed by atoms with van der Waals surface area (Å²) >= 11 is 1.02. The molecular formula is C26H29F3N6O4S. The molecule has 0 aromatic carbocycles. The Kier molecular flexibility index (Phi) is 8.57. The van der Waals surface area contributed by atoms with Gasteiger partial charge in [0.15, 0.2) is 5.69 Å². The molecule has 0 saturated carbocycles. The third-order valence-corrected chi connectivity index (χ3v) is 6.79. The molecular weight excluding hydrogens is 549 g/mol. The van der Waals surface area contributed by atoms with Gasteiger partial charge >= 0.3 is 12.3 Å². The highest BCUT2D eigenvalue weighted by Crippen LogP contribution is 2.28. The molecule has 0 spiro atoms. The third kappa shape index (κ3) is 7.64. The number of hydrogen-bond donors (Lipinski definition) is 1. The number of nitrogens with zero attached hydrogens (tertiary/aromatic N) is 5. The lowest BCUT2D eigenvalue weighted by Gasteiger charge is -2.33. The highest BCUT2D eigenvalue weighted by Gasteiger charge is 2.33. The number of rotatable bonds is 6. The first-order valence-corrected chi connectivity index (χ1v) is 13.3. The topological polar surface area (TPSA) is 119 Å². The van der Waals surface area contributed by atoms with Crippen LogP contribution in [-0.2, 0) is 17.3 Å². The van der Waals surface area contributed by atoms with Gasteiger partial charge in [-0.1, -0.05) is 0 Å². The second-order valence-corrected chi connectivity index (χ2v) is 11.1. The number of alkyl halides is 3. The SMILES string of the molecule is Cc1nsc(Cc2cncc(C(F)(F)F)n2)c1C(=O)Nc1ccc(OC2CCN(C(=O)OC(C)(C)C)CC2)nc1. The first-order chi connectivity index (χ1) is 18.8. The van der Waals surface area contributed by atoms with Crippen molar-refractivity contribution in [1.82, 2.24) is 24.2 Å². The van der Waals surface area contributed by atoms with Crippen molar-refractivity contribution < 1.29 is 32.2 Å². The average Bonchev–Trinajstić information content (AvgIpc) is 3.24. The zero-order valence-corrected chi connectivity index (χ0v) is 23.2. The van der Waals surface area contributed by atoms with Crippen LogP contribution in [0.5, 0.6) is 5.88 Å². The van der Waals surface area contributed by atoms with Gasteiger partial charge in [-0.25, -0.2) is 14.8 Å². The van der Waals surface area contributed by atoms with E-state index in [1.807, 2.05) is 20.8 Å². The van der Waals surface area contributed by atoms with Gasteiger partial charge in [-0.05, 0) is 45.3 Å². The fourth-order valence-corrected chi connectivity index (χ4v) is 4.87. The third-order valence-electron chi connectivity index (χ3n) is 5.85. The van der Waals surface area contributed by atoms with Crippen LogP contribution in [0.15, 0.2) is 30.7 Å². The lowest BCUT2D eigenvalue weighted by Crippen LogP contribution is -2.44. The minimum Gasteiger partial charge on any atom is -0.474 e. The summed E-state index contributed by atoms with van der Waals surface area (Å²) in [5.41, 5.74) is -0.452. The van der Waals surface area contributed by atoms with Crippen molar-refractivity contribution >= 4 is 29.2 Å². The molecule has 40 heavy (non-hydrogen) atoms. The largest absolute Gasteiger partial charge is 0.474 e. The molecule has 0 atom stereocenters. The molecule has 10 nitrogen and oxygen atoms in total. The van der Waals surface area contributed by atoms with E-state index in [0.717, 1.165) is 11.5 Å². The van der Waals surface area contributed by atoms with Gasteiger partial charge in [0.25, 0.3) is 5.91 Å². The second kappa shape index (κ2) is 11.7. The number of pyridine rings is 1. The van der Waals surface area contributed by atoms with E-state index in [9.17, 15) is 22.8 Å². The van der Waals surface area contributed by atoms with Crippen molar-refractivity contribution in [3.05, 3.63) is 58.2 Å². The Morgan fingerprint density at radius 2 is 1.85 bits per heavy atom. The Labute approximate surface area is 233 Å². The van der Waals surface area contributed by atoms with Gasteiger partial charge in [0, 0.05) is 49.5 Å². The van der Waals surface area contributed by atoms with Crippen LogP contribution < -0.4 is 10.1 Å². The zero-order chi connectivity index (χ0) is 29.1. The van der Waals surface area contributed by atoms with Crippen molar-refractivity contribution in [2.75, 3.05) is 18.4 Å². The summed E-state index contributed by atoms with van der Waals surface area (Å²) in [6.45, 7) is 8.14. The predicted molar refractivity (Wildman–Crippen MR) is 140 cm³/mol. The van der Waals surface area contributed by atoms with Crippen molar-refractivity contribution in [2.24, 2.45) is 0 Å². The summed E-state index contributed by atoms with van der Waals surface area (Å²) in [6, 6.07) is 3.27. The summed E-state index contributed by atoms with van der Waals surface area (Å²) in [6.07, 6.45) is -0.505. The van der Waals surface area contributed by atoms with E-state index in [2.05, 4.69) is 24.6 Å². The fraction of sp³-hybridized carbons (Fsp3) is 0.462. The molecule has 1 fully saturated rings. The number of aromatic nitrogens is 4. The lowest BCUT2D eigenvalue weighted by molar-refractivity contribution is -0.141. The number of carbonyl (C=O) groups is 2. The fourth-order valence-electron chi connectivity index (χ4n) is 3.99. The Hall–Kier alpha value is -3.81. The van der Waals surface area contributed by atoms with E-state index in [1.165, 1.54) is 12.4 Å². The molecule has 0 unspecified atom stereocenters. The van der Waals surface area contributed by atoms with E-state index in [4.69, 9.17) is 9.47 Å². The number of halogens is 3. The van der Waals surface area contributed by atoms with Gasteiger partial charge in [-0.3, -0.25) is 9.78 Å². The Balaban J connectivity index is 1.33. The van der Waals surface area contributed by atoms with Gasteiger partial charge < -0.3 is 19.7 Å². The number of likely N-dealkylation sites (tertiary alicyclic amines) is 1. The summed E-state index contributed by atoms with van der Waals surface area (Å²) in [5.74, 6) is -0.0860. The maximum absolute atomic E-state index is 13.0. The number of nitrogens with one attached hydrogen (secondary N) is 1. The predicted octanol–water partition coefficient (Wildman–Crippen LogP) is 5.28. The quantitative estimate of drug-likeness (QED) is 0.420. The number of anilines is 1. The Morgan fingerprint density at radius 1 is 1.12 bits per heavy atom. The molecule has 0 radical (unpaired) electrons. The monoisotopic (exact) mass is 578 g/mol. The minimum atomic E-state index is -4.62. The number of carbonyl (C=O) groups excluding carboxylic acids is 2. The number of piperidine rings is 1. The molecule has 1 aliphatic heterocycles. The molecule has 1 N–H and O–H groups in total. The minimum absolute atomic E-state index is 0.0248. The normalized spacial score (nSPS) is 14.6. The van der Waals surface area contributed by atoms with Crippen LogP contribution in [0, 0.1) is 6.92 Å². The zero-order valence-electron chi connectivity index (χ0n) is 22.4. The molecule has 0 aliphatic carbocycles. The van der Waals surface area contributed by atoms with Crippen molar-refractivity contribution in [3.8, 4) is 5.88 Å². The molecule has 3 aromatic rings. The maximum atomic E-state index is 13.0. The van der Waals surface area contributed by atoms with Gasteiger partial charge in [0.1, 0.15) is 11.7 Å². The van der Waals surface area contributed by atoms with Crippen molar-refractivity contribution in [3.63, 3.8) is 0 Å². The molecule has 4 heterocycles. The number of ether oxygens (including phenoxy) is 2. The summed E-state index contributed by atoms with van der Waals surface area (Å²) in [5, 5.41) is 2.75. The van der Waals surface area contributed by atoms with Crippen LogP contribution >= 0.6 is 11.5 Å². The summed E-state index contributed by atoms with van der Waals surface area (Å²) < 4.78 is 54.6. The molecule has 1 saturated heterocycles. The van der Waals surface area contributed by atoms with Gasteiger partial charge in [0.2, 0.25) is 5.88 Å². The summed E-state index contributed by atoms with van der Waals surface area (Å²) in [4.78, 5) is 38.9. The van der Waals surface area contributed by atoms with Crippen molar-refractivity contribution in [2.45, 2.75) is 64.8 Å². The first kappa shape index (κ1) is 29.2. The highest BCUT2D eigenvalue weighted by molar-refractivity contribution is 7.06. The van der Waals surface area contributed by atoms with Crippen LogP contribution in [0.1, 0.15) is 65.9 Å². The summed E-state index contributed by atoms with van der Waals surface area (Å²) in [7, 11) is 0. The number of hydrogen-bond acceptors (Lipinski definition) is 9. The van der Waals surface area contributed by atoms with Crippen LogP contribution in [0.25, 0.3) is 0 Å². The molecule has 2 amide bonds. The van der Waals surface area contributed by atoms with E-state index in [-0.39, 0.29) is 29.9 Å². The van der Waals surface area contributed by atoms with Crippen LogP contribution in [0.2, 0.25) is 0 Å². The molecule has 1 aliphatic rings. The highest BCUT2D eigenvalue weighted by atomic mass is 32.1. The van der Waals surface area contributed by atoms with Gasteiger partial charge in [-0.2, -0.15) is 17.5 Å². The maximum Gasteiger partial charge on any atom is 0.434 e. The first-order valence-electron chi connectivity index (χ1n) is 12.5. The molecule has 214 valence electrons. The van der Waals surface area contributed by atoms with E-state index in [0.29, 0.717) is 54.3 Å². The Morgan fingerprint density at radius 3 is 2.48 bits per heavy atom. The molecule has 3 aromatic heterocycles. The lowest BCUT2D eigenvalue weighted by atomic mass is 10.1. The molecule has 14 heteroatoms. The van der Waals surface area contributed by atoms with E-state index < -0.39 is 23.4 Å². The smallest absolute Gasteiger partial charge is 0.434 e. The number of aryl methyl sites for hydroxylation is 1. The van der Waals surface area contributed by atoms with Gasteiger partial charge in [0.05, 0.1) is 35.0 Å².